The van der Waals surface area contributed by atoms with E-state index in [0.717, 1.165) is 22.8 Å². The Balaban J connectivity index is 2.96. The van der Waals surface area contributed by atoms with Gasteiger partial charge in [-0.1, -0.05) is 11.6 Å². The zero-order valence-corrected chi connectivity index (χ0v) is 8.80. The highest BCUT2D eigenvalue weighted by molar-refractivity contribution is 6.31. The minimum absolute atomic E-state index is 0.671. The maximum Gasteiger partial charge on any atom is 0.152 e. The van der Waals surface area contributed by atoms with Crippen molar-refractivity contribution in [1.82, 2.24) is 4.57 Å². The fourth-order valence-corrected chi connectivity index (χ4v) is 2.13. The van der Waals surface area contributed by atoms with Crippen LogP contribution in [0, 0.1) is 6.92 Å². The number of hydrogen-bond acceptors (Lipinski definition) is 1. The van der Waals surface area contributed by atoms with Crippen LogP contribution < -0.4 is 0 Å². The summed E-state index contributed by atoms with van der Waals surface area (Å²) in [6.45, 7) is 1.99. The van der Waals surface area contributed by atoms with E-state index in [9.17, 15) is 4.79 Å². The molecule has 1 aromatic heterocycles. The topological polar surface area (TPSA) is 22.0 Å². The van der Waals surface area contributed by atoms with E-state index in [0.29, 0.717) is 10.6 Å². The zero-order chi connectivity index (χ0) is 10.3. The first kappa shape index (κ1) is 9.28. The van der Waals surface area contributed by atoms with Crippen molar-refractivity contribution in [3.63, 3.8) is 0 Å². The van der Waals surface area contributed by atoms with Gasteiger partial charge in [0.2, 0.25) is 0 Å². The Morgan fingerprint density at radius 3 is 2.79 bits per heavy atom. The van der Waals surface area contributed by atoms with Crippen molar-refractivity contribution in [3.8, 4) is 0 Å². The van der Waals surface area contributed by atoms with E-state index in [1.165, 1.54) is 0 Å². The molecule has 0 unspecified atom stereocenters. The highest BCUT2D eigenvalue weighted by atomic mass is 35.5. The lowest BCUT2D eigenvalue weighted by molar-refractivity contribution is 0.112. The molecule has 0 radical (unpaired) electrons. The number of hydrogen-bond donors (Lipinski definition) is 0. The van der Waals surface area contributed by atoms with Crippen molar-refractivity contribution < 1.29 is 4.79 Å². The molecule has 2 nitrogen and oxygen atoms in total. The number of aromatic nitrogens is 1. The van der Waals surface area contributed by atoms with Gasteiger partial charge >= 0.3 is 0 Å². The molecule has 0 aliphatic carbocycles. The SMILES string of the molecule is Cc1cc(Cl)cc2c(C=O)cn(C)c12. The number of fused-ring (bicyclic) bond motifs is 1. The van der Waals surface area contributed by atoms with Crippen LogP contribution in [0.2, 0.25) is 5.02 Å². The van der Waals surface area contributed by atoms with Crippen LogP contribution in [0.3, 0.4) is 0 Å². The van der Waals surface area contributed by atoms with Gasteiger partial charge in [0, 0.05) is 29.2 Å². The number of benzene rings is 1. The van der Waals surface area contributed by atoms with Crippen LogP contribution in [0.1, 0.15) is 15.9 Å². The second-order valence-corrected chi connectivity index (χ2v) is 3.87. The van der Waals surface area contributed by atoms with Crippen LogP contribution in [-0.4, -0.2) is 10.9 Å². The summed E-state index contributed by atoms with van der Waals surface area (Å²) in [5.74, 6) is 0. The molecule has 0 aliphatic heterocycles. The van der Waals surface area contributed by atoms with Crippen LogP contribution in [0.25, 0.3) is 10.9 Å². The lowest BCUT2D eigenvalue weighted by Gasteiger charge is -2.01. The smallest absolute Gasteiger partial charge is 0.152 e. The third kappa shape index (κ3) is 1.23. The van der Waals surface area contributed by atoms with Crippen molar-refractivity contribution in [2.45, 2.75) is 6.92 Å². The Morgan fingerprint density at radius 2 is 2.14 bits per heavy atom. The summed E-state index contributed by atoms with van der Waals surface area (Å²) in [7, 11) is 1.93. The van der Waals surface area contributed by atoms with E-state index in [1.54, 1.807) is 0 Å². The number of halogens is 1. The van der Waals surface area contributed by atoms with Gasteiger partial charge in [0.25, 0.3) is 0 Å². The Labute approximate surface area is 87.1 Å². The van der Waals surface area contributed by atoms with Crippen LogP contribution in [0.5, 0.6) is 0 Å². The highest BCUT2D eigenvalue weighted by Crippen LogP contribution is 2.26. The molecule has 0 fully saturated rings. The van der Waals surface area contributed by atoms with E-state index < -0.39 is 0 Å². The molecule has 1 aromatic carbocycles. The maximum atomic E-state index is 10.8. The van der Waals surface area contributed by atoms with E-state index in [1.807, 2.05) is 36.9 Å². The number of aryl methyl sites for hydroxylation is 2. The number of carbonyl (C=O) groups excluding carboxylic acids is 1. The van der Waals surface area contributed by atoms with Gasteiger partial charge in [-0.2, -0.15) is 0 Å². The van der Waals surface area contributed by atoms with Gasteiger partial charge in [0.15, 0.2) is 6.29 Å². The number of rotatable bonds is 1. The van der Waals surface area contributed by atoms with Gasteiger partial charge in [-0.05, 0) is 24.6 Å². The van der Waals surface area contributed by atoms with Crippen LogP contribution in [0.15, 0.2) is 18.3 Å². The molecule has 0 spiro atoms. The van der Waals surface area contributed by atoms with Gasteiger partial charge in [-0.15, -0.1) is 0 Å². The normalized spacial score (nSPS) is 10.8. The molecule has 0 aliphatic rings. The first-order valence-corrected chi connectivity index (χ1v) is 4.71. The molecule has 0 saturated heterocycles. The Hall–Kier alpha value is -1.28. The maximum absolute atomic E-state index is 10.8. The average molecular weight is 208 g/mol. The summed E-state index contributed by atoms with van der Waals surface area (Å²) in [4.78, 5) is 10.8. The quantitative estimate of drug-likeness (QED) is 0.659. The lowest BCUT2D eigenvalue weighted by atomic mass is 10.1. The third-order valence-corrected chi connectivity index (χ3v) is 2.61. The van der Waals surface area contributed by atoms with Crippen molar-refractivity contribution in [2.24, 2.45) is 7.05 Å². The van der Waals surface area contributed by atoms with Gasteiger partial charge in [0.1, 0.15) is 0 Å². The fourth-order valence-electron chi connectivity index (χ4n) is 1.86. The Bertz CT molecular complexity index is 513. The summed E-state index contributed by atoms with van der Waals surface area (Å²) in [6, 6.07) is 3.73. The van der Waals surface area contributed by atoms with E-state index >= 15 is 0 Å². The molecule has 0 N–H and O–H groups in total. The molecule has 0 atom stereocenters. The molecule has 0 amide bonds. The number of carbonyl (C=O) groups is 1. The van der Waals surface area contributed by atoms with Crippen molar-refractivity contribution >= 4 is 28.8 Å². The highest BCUT2D eigenvalue weighted by Gasteiger charge is 2.08. The summed E-state index contributed by atoms with van der Waals surface area (Å²) < 4.78 is 1.95. The first-order chi connectivity index (χ1) is 6.63. The molecule has 14 heavy (non-hydrogen) atoms. The predicted molar refractivity (Wildman–Crippen MR) is 58.1 cm³/mol. The van der Waals surface area contributed by atoms with Crippen molar-refractivity contribution in [3.05, 3.63) is 34.5 Å². The molecule has 72 valence electrons. The zero-order valence-electron chi connectivity index (χ0n) is 8.04. The molecule has 2 aromatic rings. The van der Waals surface area contributed by atoms with E-state index in [4.69, 9.17) is 11.6 Å². The van der Waals surface area contributed by atoms with Crippen LogP contribution >= 0.6 is 11.6 Å². The minimum Gasteiger partial charge on any atom is -0.350 e. The van der Waals surface area contributed by atoms with Gasteiger partial charge in [-0.25, -0.2) is 0 Å². The monoisotopic (exact) mass is 207 g/mol. The largest absolute Gasteiger partial charge is 0.350 e. The molecule has 0 saturated carbocycles. The lowest BCUT2D eigenvalue weighted by Crippen LogP contribution is -1.86. The molecule has 2 rings (SSSR count). The molecular weight excluding hydrogens is 198 g/mol. The summed E-state index contributed by atoms with van der Waals surface area (Å²) in [5, 5.41) is 1.59. The summed E-state index contributed by atoms with van der Waals surface area (Å²) in [5.41, 5.74) is 2.84. The average Bonchev–Trinajstić information content (AvgIpc) is 2.42. The Morgan fingerprint density at radius 1 is 1.43 bits per heavy atom. The first-order valence-electron chi connectivity index (χ1n) is 4.34. The molecule has 1 heterocycles. The summed E-state index contributed by atoms with van der Waals surface area (Å²) >= 11 is 5.94. The standard InChI is InChI=1S/C11H10ClNO/c1-7-3-9(12)4-10-8(6-14)5-13(2)11(7)10/h3-6H,1-2H3. The Kier molecular flexibility index (Phi) is 2.08. The molecular formula is C11H10ClNO. The predicted octanol–water partition coefficient (Wildman–Crippen LogP) is 2.95. The number of nitrogens with zero attached hydrogens (tertiary/aromatic N) is 1. The van der Waals surface area contributed by atoms with Gasteiger partial charge < -0.3 is 4.57 Å². The summed E-state index contributed by atoms with van der Waals surface area (Å²) in [6.07, 6.45) is 2.68. The third-order valence-electron chi connectivity index (χ3n) is 2.39. The van der Waals surface area contributed by atoms with E-state index in [2.05, 4.69) is 0 Å². The fraction of sp³-hybridized carbons (Fsp3) is 0.182. The molecule has 0 bridgehead atoms. The number of aldehydes is 1. The van der Waals surface area contributed by atoms with Crippen LogP contribution in [0.4, 0.5) is 0 Å². The van der Waals surface area contributed by atoms with Crippen LogP contribution in [-0.2, 0) is 7.05 Å². The molecule has 3 heteroatoms. The van der Waals surface area contributed by atoms with Gasteiger partial charge in [-0.3, -0.25) is 4.79 Å². The second-order valence-electron chi connectivity index (χ2n) is 3.43. The van der Waals surface area contributed by atoms with E-state index in [-0.39, 0.29) is 0 Å². The minimum atomic E-state index is 0.671. The van der Waals surface area contributed by atoms with Crippen molar-refractivity contribution in [1.29, 1.82) is 0 Å². The van der Waals surface area contributed by atoms with Gasteiger partial charge in [0.05, 0.1) is 5.52 Å². The second kappa shape index (κ2) is 3.14. The van der Waals surface area contributed by atoms with Crippen molar-refractivity contribution in [2.75, 3.05) is 0 Å².